The van der Waals surface area contributed by atoms with E-state index >= 15 is 0 Å². The normalized spacial score (nSPS) is 10.2. The zero-order valence-electron chi connectivity index (χ0n) is 70.2. The van der Waals surface area contributed by atoms with E-state index in [2.05, 4.69) is 128 Å². The van der Waals surface area contributed by atoms with Crippen LogP contribution in [-0.2, 0) is 238 Å². The molecule has 0 saturated heterocycles. The van der Waals surface area contributed by atoms with Crippen molar-refractivity contribution in [2.45, 2.75) is 53.3 Å². The molecule has 126 heavy (non-hydrogen) atoms. The van der Waals surface area contributed by atoms with Gasteiger partial charge in [-0.15, -0.1) is 60.7 Å². The van der Waals surface area contributed by atoms with Gasteiger partial charge in [0, 0.05) is 268 Å². The number of aromatic nitrogens is 20. The van der Waals surface area contributed by atoms with Gasteiger partial charge < -0.3 is 47.4 Å². The third kappa shape index (κ3) is 26.7. The second-order valence-corrected chi connectivity index (χ2v) is 27.8. The fourth-order valence-corrected chi connectivity index (χ4v) is 12.9. The van der Waals surface area contributed by atoms with Gasteiger partial charge in [0.25, 0.3) is 0 Å². The number of hydrogen-bond acceptors (Lipinski definition) is 25. The average Bonchev–Trinajstić information content (AvgIpc) is 1.69. The van der Waals surface area contributed by atoms with Crippen LogP contribution < -0.4 is 75.8 Å². The predicted molar refractivity (Wildman–Crippen MR) is 453 cm³/mol. The molecular weight excluding hydrogens is 2200 g/mol. The summed E-state index contributed by atoms with van der Waals surface area (Å²) in [5.41, 5.74) is 7.50. The van der Waals surface area contributed by atoms with Gasteiger partial charge in [-0.2, -0.15) is 107 Å². The van der Waals surface area contributed by atoms with Gasteiger partial charge in [0.2, 0.25) is 0 Å². The SMILES string of the molecule is CCc1cccc(-n2nnn(C)c2=O)c1COc1cc[c-]cc1OC.COc1c[c-]ccc1OCc1c(Br)cccc1-n1nnn(C)c1=O.COc1c[c-]ccc1OCc1c(C)cccc1-n1nnn(C)c1=O.COc1c[c-]ccc1OCc1c(Cl)cccc1-n1nnn(C)c1=O.COc1c[c-]ccc1OCc1c(I)cccc1-n1nnn(C)c1=O.[Y].[Y].[Y].[Y].[Y]. The number of methoxy groups -OCH3 is 5. The smallest absolute Gasteiger partial charge is 0.368 e. The molecule has 43 heteroatoms. The molecule has 5 heterocycles. The number of aryl methyl sites for hydroxylation is 7. The van der Waals surface area contributed by atoms with Crippen LogP contribution in [0.4, 0.5) is 0 Å². The van der Waals surface area contributed by atoms with Crippen molar-refractivity contribution in [1.29, 1.82) is 0 Å². The average molecular weight is 2280 g/mol. The molecule has 0 aliphatic heterocycles. The van der Waals surface area contributed by atoms with E-state index in [1.165, 1.54) is 49.2 Å². The summed E-state index contributed by atoms with van der Waals surface area (Å²) in [4.78, 5) is 60.7. The third-order valence-electron chi connectivity index (χ3n) is 17.9. The molecule has 15 rings (SSSR count). The minimum Gasteiger partial charge on any atom is -0.551 e. The van der Waals surface area contributed by atoms with Gasteiger partial charge in [0.15, 0.2) is 0 Å². The van der Waals surface area contributed by atoms with Crippen molar-refractivity contribution in [1.82, 2.24) is 99.0 Å². The zero-order valence-corrected chi connectivity index (χ0v) is 88.8. The van der Waals surface area contributed by atoms with Crippen molar-refractivity contribution in [3.05, 3.63) is 317 Å². The van der Waals surface area contributed by atoms with E-state index in [0.717, 1.165) is 52.5 Å². The van der Waals surface area contributed by atoms with Crippen LogP contribution in [0.2, 0.25) is 5.02 Å². The van der Waals surface area contributed by atoms with Crippen molar-refractivity contribution in [2.24, 2.45) is 35.2 Å². The van der Waals surface area contributed by atoms with Crippen LogP contribution in [0.3, 0.4) is 0 Å². The molecule has 5 aromatic heterocycles. The molecule has 0 N–H and O–H groups in total. The number of tetrazole rings is 5. The molecule has 0 amide bonds. The van der Waals surface area contributed by atoms with Gasteiger partial charge in [-0.05, 0) is 148 Å². The van der Waals surface area contributed by atoms with E-state index in [1.54, 1.807) is 179 Å². The summed E-state index contributed by atoms with van der Waals surface area (Å²) >= 11 is 12.0. The fraction of sp³-hybridized carbons (Fsp3) is 0.217. The topological polar surface area (TPSA) is 356 Å². The summed E-state index contributed by atoms with van der Waals surface area (Å²) in [6.45, 7) is 5.18. The Labute approximate surface area is 875 Å². The Morgan fingerprint density at radius 3 is 0.921 bits per heavy atom. The van der Waals surface area contributed by atoms with E-state index in [1.807, 2.05) is 73.7 Å². The Morgan fingerprint density at radius 1 is 0.333 bits per heavy atom. The Kier molecular flexibility index (Phi) is 44.1. The van der Waals surface area contributed by atoms with Gasteiger partial charge in [-0.25, -0.2) is 24.0 Å². The molecule has 0 atom stereocenters. The monoisotopic (exact) mass is 2280 g/mol. The maximum Gasteiger partial charge on any atom is 0.368 e. The van der Waals surface area contributed by atoms with E-state index in [0.29, 0.717) is 96.5 Å². The van der Waals surface area contributed by atoms with E-state index in [-0.39, 0.29) is 225 Å². The van der Waals surface area contributed by atoms with Crippen molar-refractivity contribution in [2.75, 3.05) is 35.5 Å². The molecule has 10 aromatic carbocycles. The summed E-state index contributed by atoms with van der Waals surface area (Å²) in [6, 6.07) is 68.5. The number of hydrogen-bond donors (Lipinski definition) is 0. The summed E-state index contributed by atoms with van der Waals surface area (Å²) in [6.07, 6.45) is 0.807. The molecule has 0 unspecified atom stereocenters. The van der Waals surface area contributed by atoms with E-state index in [4.69, 9.17) is 59.0 Å². The van der Waals surface area contributed by atoms with E-state index in [9.17, 15) is 24.0 Å². The minimum absolute atomic E-state index is 0. The standard InChI is InChI=1S/C18H19N4O3.C17H17N4O3.C16H14BrN4O3.C16H14ClN4O3.C16H14IN4O3.5Y/c1-4-13-8-7-9-15(22-18(23)21(2)19-20-22)14(13)12-25-17-11-6-5-10-16(17)24-3;1-12-7-6-8-14(21-17(22)20(2)18-19-21)13(12)11-24-16-10-5-4-9-15(16)23-3;3*1-20-16(22)21(19-18-20)13-7-5-6-12(17)11(13)10-24-15-9-4-3-8-14(15)23-2;;;;;/h6-11H,4,12H2,1-3H3;5-10H,11H2,1-3H3;3*4-9H,10H2,1-2H3;;;;;/q5*-1;;;;;. The zero-order chi connectivity index (χ0) is 86.2. The van der Waals surface area contributed by atoms with Crippen LogP contribution in [-0.4, -0.2) is 135 Å². The summed E-state index contributed by atoms with van der Waals surface area (Å²) in [7, 11) is 15.6. The maximum absolute atomic E-state index is 12.2. The number of benzene rings is 10. The number of rotatable bonds is 26. The molecule has 35 nitrogen and oxygen atoms in total. The van der Waals surface area contributed by atoms with Gasteiger partial charge in [-0.1, -0.05) is 76.9 Å². The van der Waals surface area contributed by atoms with Crippen molar-refractivity contribution in [3.8, 4) is 85.9 Å². The fourth-order valence-electron chi connectivity index (χ4n) is 11.5. The quantitative estimate of drug-likeness (QED) is 0.0359. The molecule has 5 radical (unpaired) electrons. The Bertz CT molecular complexity index is 5800. The van der Waals surface area contributed by atoms with Gasteiger partial charge >= 0.3 is 28.4 Å². The Hall–Kier alpha value is -8.43. The predicted octanol–water partition coefficient (Wildman–Crippen LogP) is 9.65. The van der Waals surface area contributed by atoms with Crippen LogP contribution in [0.5, 0.6) is 57.5 Å². The van der Waals surface area contributed by atoms with Crippen molar-refractivity contribution in [3.63, 3.8) is 0 Å². The molecule has 0 saturated carbocycles. The number of nitrogens with zero attached hydrogens (tertiary/aromatic N) is 20. The van der Waals surface area contributed by atoms with E-state index < -0.39 is 0 Å². The largest absolute Gasteiger partial charge is 0.551 e. The van der Waals surface area contributed by atoms with Crippen molar-refractivity contribution >= 4 is 50.1 Å². The molecule has 0 aliphatic rings. The molecule has 641 valence electrons. The first-order valence-corrected chi connectivity index (χ1v) is 38.7. The molecule has 0 bridgehead atoms. The van der Waals surface area contributed by atoms with Crippen LogP contribution in [0.1, 0.15) is 45.9 Å². The minimum atomic E-state index is -0.370. The Morgan fingerprint density at radius 2 is 0.595 bits per heavy atom. The number of ether oxygens (including phenoxy) is 10. The van der Waals surface area contributed by atoms with Crippen LogP contribution in [0.15, 0.2) is 210 Å². The first-order valence-electron chi connectivity index (χ1n) is 36.4. The molecular formula is C83H78BrClIN20O15Y5-5. The second kappa shape index (κ2) is 52.3. The maximum atomic E-state index is 12.2. The molecule has 0 aliphatic carbocycles. The van der Waals surface area contributed by atoms with Crippen LogP contribution in [0, 0.1) is 40.8 Å². The summed E-state index contributed by atoms with van der Waals surface area (Å²) < 4.78 is 69.5. The van der Waals surface area contributed by atoms with Crippen LogP contribution >= 0.6 is 50.1 Å². The second-order valence-electron chi connectivity index (χ2n) is 25.4. The Balaban J connectivity index is 0.000000241. The summed E-state index contributed by atoms with van der Waals surface area (Å²) in [5.74, 6) is 5.92. The van der Waals surface area contributed by atoms with Gasteiger partial charge in [0.1, 0.15) is 33.0 Å². The first-order chi connectivity index (χ1) is 58.6. The number of halogens is 3. The summed E-state index contributed by atoms with van der Waals surface area (Å²) in [5, 5.41) is 38.7. The third-order valence-corrected chi connectivity index (χ3v) is 20.1. The van der Waals surface area contributed by atoms with Crippen molar-refractivity contribution < 1.29 is 211 Å². The molecule has 0 fully saturated rings. The first kappa shape index (κ1) is 106. The molecule has 0 spiro atoms. The van der Waals surface area contributed by atoms with Crippen LogP contribution in [0.25, 0.3) is 28.4 Å². The van der Waals surface area contributed by atoms with Gasteiger partial charge in [-0.3, -0.25) is 0 Å². The van der Waals surface area contributed by atoms with Gasteiger partial charge in [0.05, 0.1) is 92.7 Å². The molecule has 15 aromatic rings.